The summed E-state index contributed by atoms with van der Waals surface area (Å²) in [5.74, 6) is 0. The lowest BCUT2D eigenvalue weighted by molar-refractivity contribution is -0.500. The van der Waals surface area contributed by atoms with Gasteiger partial charge in [0.05, 0.1) is 0 Å². The number of aldehydes is 1. The van der Waals surface area contributed by atoms with E-state index in [4.69, 9.17) is 0 Å². The van der Waals surface area contributed by atoms with Gasteiger partial charge in [-0.1, -0.05) is 0 Å². The highest BCUT2D eigenvalue weighted by Gasteiger charge is 2.07. The summed E-state index contributed by atoms with van der Waals surface area (Å²) in [5, 5.41) is 9.50. The van der Waals surface area contributed by atoms with Crippen LogP contribution in [0.4, 0.5) is 0 Å². The number of carbonyl (C=O) groups is 1. The molecular formula is C3H7NO4. The first-order valence-corrected chi connectivity index (χ1v) is 1.77. The fourth-order valence-electron chi connectivity index (χ4n) is 0.0497. The first kappa shape index (κ1) is 10.1. The lowest BCUT2D eigenvalue weighted by Crippen LogP contribution is -2.15. The molecule has 0 bridgehead atoms. The summed E-state index contributed by atoms with van der Waals surface area (Å²) in [6.07, 6.45) is 0.292. The van der Waals surface area contributed by atoms with E-state index in [-0.39, 0.29) is 5.48 Å². The van der Waals surface area contributed by atoms with Gasteiger partial charge in [0.15, 0.2) is 6.29 Å². The van der Waals surface area contributed by atoms with Gasteiger partial charge in [-0.25, -0.2) is 0 Å². The van der Waals surface area contributed by atoms with Crippen LogP contribution in [-0.4, -0.2) is 22.7 Å². The van der Waals surface area contributed by atoms with Gasteiger partial charge in [-0.3, -0.25) is 14.9 Å². The van der Waals surface area contributed by atoms with E-state index >= 15 is 0 Å². The van der Waals surface area contributed by atoms with Gasteiger partial charge in [-0.05, 0) is 0 Å². The highest BCUT2D eigenvalue weighted by atomic mass is 16.6. The van der Waals surface area contributed by atoms with Crippen LogP contribution in [0.1, 0.15) is 6.92 Å². The lowest BCUT2D eigenvalue weighted by atomic mass is 10.4. The molecule has 8 heavy (non-hydrogen) atoms. The van der Waals surface area contributed by atoms with Crippen LogP contribution in [0.3, 0.4) is 0 Å². The molecule has 0 aromatic carbocycles. The van der Waals surface area contributed by atoms with Crippen molar-refractivity contribution in [1.82, 2.24) is 0 Å². The van der Waals surface area contributed by atoms with Crippen LogP contribution >= 0.6 is 0 Å². The molecule has 1 unspecified atom stereocenters. The number of hydrogen-bond donors (Lipinski definition) is 0. The van der Waals surface area contributed by atoms with Crippen molar-refractivity contribution >= 4 is 6.29 Å². The second-order valence-corrected chi connectivity index (χ2v) is 1.16. The second-order valence-electron chi connectivity index (χ2n) is 1.16. The molecule has 0 fully saturated rings. The number of carbonyl (C=O) groups excluding carboxylic acids is 1. The predicted octanol–water partition coefficient (Wildman–Crippen LogP) is -0.974. The minimum atomic E-state index is -1.06. The van der Waals surface area contributed by atoms with Gasteiger partial charge < -0.3 is 5.48 Å². The van der Waals surface area contributed by atoms with Gasteiger partial charge in [0, 0.05) is 11.8 Å². The molecule has 0 aromatic rings. The summed E-state index contributed by atoms with van der Waals surface area (Å²) in [4.78, 5) is 18.4. The van der Waals surface area contributed by atoms with Crippen LogP contribution in [-0.2, 0) is 4.79 Å². The molecule has 48 valence electrons. The van der Waals surface area contributed by atoms with Gasteiger partial charge in [0.2, 0.25) is 0 Å². The minimum absolute atomic E-state index is 0. The van der Waals surface area contributed by atoms with Crippen molar-refractivity contribution in [2.24, 2.45) is 0 Å². The Hall–Kier alpha value is -0.970. The largest absolute Gasteiger partial charge is 0.412 e. The zero-order valence-electron chi connectivity index (χ0n) is 4.33. The normalized spacial score (nSPS) is 11.1. The van der Waals surface area contributed by atoms with Gasteiger partial charge in [-0.15, -0.1) is 0 Å². The molecule has 0 saturated carbocycles. The summed E-state index contributed by atoms with van der Waals surface area (Å²) < 4.78 is 0. The zero-order valence-corrected chi connectivity index (χ0v) is 4.33. The molecule has 5 heteroatoms. The smallest absolute Gasteiger partial charge is 0.264 e. The van der Waals surface area contributed by atoms with Gasteiger partial charge >= 0.3 is 0 Å². The molecule has 0 aliphatic rings. The molecule has 0 aliphatic carbocycles. The monoisotopic (exact) mass is 121 g/mol. The summed E-state index contributed by atoms with van der Waals surface area (Å²) in [5.41, 5.74) is 0. The van der Waals surface area contributed by atoms with Gasteiger partial charge in [-0.2, -0.15) is 0 Å². The number of nitro groups is 1. The topological polar surface area (TPSA) is 91.7 Å². The molecule has 5 nitrogen and oxygen atoms in total. The molecule has 1 atom stereocenters. The van der Waals surface area contributed by atoms with E-state index in [0.717, 1.165) is 0 Å². The fraction of sp³-hybridized carbons (Fsp3) is 0.667. The van der Waals surface area contributed by atoms with Crippen molar-refractivity contribution in [3.63, 3.8) is 0 Å². The quantitative estimate of drug-likeness (QED) is 0.267. The van der Waals surface area contributed by atoms with Crippen LogP contribution in [0.5, 0.6) is 0 Å². The summed E-state index contributed by atoms with van der Waals surface area (Å²) in [6, 6.07) is -1.06. The van der Waals surface area contributed by atoms with Crippen molar-refractivity contribution in [1.29, 1.82) is 0 Å². The first-order valence-electron chi connectivity index (χ1n) is 1.77. The van der Waals surface area contributed by atoms with Crippen LogP contribution in [0, 0.1) is 10.1 Å². The molecule has 0 rings (SSSR count). The maximum Gasteiger partial charge on any atom is 0.264 e. The third-order valence-corrected chi connectivity index (χ3v) is 0.529. The Morgan fingerprint density at radius 3 is 2.12 bits per heavy atom. The highest BCUT2D eigenvalue weighted by molar-refractivity contribution is 5.54. The maximum atomic E-state index is 9.50. The molecule has 2 N–H and O–H groups in total. The van der Waals surface area contributed by atoms with Crippen LogP contribution < -0.4 is 0 Å². The van der Waals surface area contributed by atoms with Gasteiger partial charge in [0.25, 0.3) is 6.04 Å². The van der Waals surface area contributed by atoms with Crippen molar-refractivity contribution < 1.29 is 15.2 Å². The molecule has 0 amide bonds. The van der Waals surface area contributed by atoms with Crippen LogP contribution in [0.15, 0.2) is 0 Å². The molecular weight excluding hydrogens is 114 g/mol. The third kappa shape index (κ3) is 3.23. The first-order chi connectivity index (χ1) is 3.18. The SMILES string of the molecule is CC(C=O)[N+](=O)[O-].O. The Bertz CT molecular complexity index is 91.3. The van der Waals surface area contributed by atoms with E-state index in [2.05, 4.69) is 0 Å². The third-order valence-electron chi connectivity index (χ3n) is 0.529. The maximum absolute atomic E-state index is 9.50. The van der Waals surface area contributed by atoms with E-state index in [9.17, 15) is 14.9 Å². The average Bonchev–Trinajstić information content (AvgIpc) is 1.65. The van der Waals surface area contributed by atoms with Crippen molar-refractivity contribution in [3.8, 4) is 0 Å². The average molecular weight is 121 g/mol. The Balaban J connectivity index is 0. The molecule has 0 spiro atoms. The Morgan fingerprint density at radius 1 is 1.75 bits per heavy atom. The molecule has 0 radical (unpaired) electrons. The molecule has 0 aliphatic heterocycles. The lowest BCUT2D eigenvalue weighted by Gasteiger charge is -1.87. The summed E-state index contributed by atoms with van der Waals surface area (Å²) in [7, 11) is 0. The van der Waals surface area contributed by atoms with Crippen LogP contribution in [0.2, 0.25) is 0 Å². The number of nitrogens with zero attached hydrogens (tertiary/aromatic N) is 1. The van der Waals surface area contributed by atoms with Crippen molar-refractivity contribution in [3.05, 3.63) is 10.1 Å². The van der Waals surface area contributed by atoms with Crippen LogP contribution in [0.25, 0.3) is 0 Å². The second kappa shape index (κ2) is 4.20. The van der Waals surface area contributed by atoms with Crippen molar-refractivity contribution in [2.45, 2.75) is 13.0 Å². The van der Waals surface area contributed by atoms with E-state index in [1.807, 2.05) is 0 Å². The number of rotatable bonds is 2. The fourth-order valence-corrected chi connectivity index (χ4v) is 0.0497. The van der Waals surface area contributed by atoms with Crippen molar-refractivity contribution in [2.75, 3.05) is 0 Å². The molecule has 0 heterocycles. The summed E-state index contributed by atoms with van der Waals surface area (Å²) >= 11 is 0. The summed E-state index contributed by atoms with van der Waals surface area (Å²) in [6.45, 7) is 1.23. The molecule has 0 aromatic heterocycles. The Kier molecular flexibility index (Phi) is 5.30. The van der Waals surface area contributed by atoms with E-state index in [0.29, 0.717) is 6.29 Å². The van der Waals surface area contributed by atoms with E-state index in [1.54, 1.807) is 0 Å². The van der Waals surface area contributed by atoms with E-state index in [1.165, 1.54) is 6.92 Å². The number of hydrogen-bond acceptors (Lipinski definition) is 3. The van der Waals surface area contributed by atoms with Gasteiger partial charge in [0.1, 0.15) is 0 Å². The van der Waals surface area contributed by atoms with E-state index < -0.39 is 11.0 Å². The standard InChI is InChI=1S/C3H5NO3.H2O/c1-3(2-5)4(6)7;/h2-3H,1H3;1H2. The molecule has 0 saturated heterocycles. The predicted molar refractivity (Wildman–Crippen MR) is 26.1 cm³/mol. The minimum Gasteiger partial charge on any atom is -0.412 e. The highest BCUT2D eigenvalue weighted by Crippen LogP contribution is 1.77. The zero-order chi connectivity index (χ0) is 5.86. The Morgan fingerprint density at radius 2 is 2.12 bits per heavy atom. The Labute approximate surface area is 45.8 Å².